The number of rotatable bonds is 4. The average molecular weight is 253 g/mol. The van der Waals surface area contributed by atoms with Gasteiger partial charge < -0.3 is 11.1 Å². The summed E-state index contributed by atoms with van der Waals surface area (Å²) in [4.78, 5) is 11.4. The van der Waals surface area contributed by atoms with Crippen LogP contribution in [0, 0.1) is 0 Å². The van der Waals surface area contributed by atoms with Crippen molar-refractivity contribution in [2.45, 2.75) is 50.4 Å². The van der Waals surface area contributed by atoms with Gasteiger partial charge >= 0.3 is 0 Å². The van der Waals surface area contributed by atoms with Crippen LogP contribution in [0.5, 0.6) is 0 Å². The highest BCUT2D eigenvalue weighted by Crippen LogP contribution is 2.29. The second-order valence-corrected chi connectivity index (χ2v) is 5.34. The second kappa shape index (κ2) is 7.36. The van der Waals surface area contributed by atoms with Crippen LogP contribution in [0.4, 0.5) is 0 Å². The molecule has 0 aromatic carbocycles. The maximum atomic E-state index is 11.4. The third kappa shape index (κ3) is 4.62. The highest BCUT2D eigenvalue weighted by atomic mass is 35.5. The zero-order valence-corrected chi connectivity index (χ0v) is 11.0. The standard InChI is InChI=1S/C10H20N2OS.ClH/c1-3-14-9-6-4-5-8(9)12-10(13)7(2)11;/h7-9H,3-6,11H2,1-2H3,(H,12,13);1H/t7-,8?,9?;/m1./s1. The fraction of sp³-hybridized carbons (Fsp3) is 0.900. The number of nitrogens with two attached hydrogens (primary N) is 1. The summed E-state index contributed by atoms with van der Waals surface area (Å²) in [7, 11) is 0. The lowest BCUT2D eigenvalue weighted by Crippen LogP contribution is -2.46. The minimum atomic E-state index is -0.386. The molecule has 1 fully saturated rings. The Hall–Kier alpha value is 0.0700. The summed E-state index contributed by atoms with van der Waals surface area (Å²) in [6.07, 6.45) is 3.56. The van der Waals surface area contributed by atoms with E-state index in [0.717, 1.165) is 12.2 Å². The van der Waals surface area contributed by atoms with Gasteiger partial charge in [-0.1, -0.05) is 13.3 Å². The Labute approximate surface area is 102 Å². The predicted molar refractivity (Wildman–Crippen MR) is 68.6 cm³/mol. The molecule has 0 spiro atoms. The molecule has 15 heavy (non-hydrogen) atoms. The van der Waals surface area contributed by atoms with E-state index in [1.165, 1.54) is 12.8 Å². The zero-order valence-electron chi connectivity index (χ0n) is 9.36. The van der Waals surface area contributed by atoms with Gasteiger partial charge in [0.1, 0.15) is 0 Å². The molecule has 3 nitrogen and oxygen atoms in total. The van der Waals surface area contributed by atoms with Gasteiger partial charge in [-0.25, -0.2) is 0 Å². The summed E-state index contributed by atoms with van der Waals surface area (Å²) in [5.74, 6) is 1.11. The normalized spacial score (nSPS) is 26.9. The molecule has 0 radical (unpaired) electrons. The first kappa shape index (κ1) is 15.1. The van der Waals surface area contributed by atoms with Gasteiger partial charge in [-0.3, -0.25) is 4.79 Å². The number of thioether (sulfide) groups is 1. The summed E-state index contributed by atoms with van der Waals surface area (Å²) < 4.78 is 0. The SMILES string of the molecule is CCSC1CCCC1NC(=O)[C@@H](C)N.Cl. The topological polar surface area (TPSA) is 55.1 Å². The van der Waals surface area contributed by atoms with E-state index in [0.29, 0.717) is 11.3 Å². The van der Waals surface area contributed by atoms with Crippen LogP contribution < -0.4 is 11.1 Å². The van der Waals surface area contributed by atoms with Gasteiger partial charge in [0.05, 0.1) is 6.04 Å². The number of amides is 1. The van der Waals surface area contributed by atoms with E-state index in [1.54, 1.807) is 6.92 Å². The molecule has 3 atom stereocenters. The monoisotopic (exact) mass is 252 g/mol. The van der Waals surface area contributed by atoms with E-state index in [1.807, 2.05) is 11.8 Å². The first-order chi connectivity index (χ1) is 6.65. The van der Waals surface area contributed by atoms with Gasteiger partial charge in [0.15, 0.2) is 0 Å². The Morgan fingerprint density at radius 1 is 1.60 bits per heavy atom. The average Bonchev–Trinajstić information content (AvgIpc) is 2.53. The van der Waals surface area contributed by atoms with Crippen molar-refractivity contribution in [3.63, 3.8) is 0 Å². The minimum absolute atomic E-state index is 0. The molecular weight excluding hydrogens is 232 g/mol. The van der Waals surface area contributed by atoms with E-state index >= 15 is 0 Å². The molecule has 1 saturated carbocycles. The maximum Gasteiger partial charge on any atom is 0.236 e. The van der Waals surface area contributed by atoms with Crippen LogP contribution in [0.25, 0.3) is 0 Å². The van der Waals surface area contributed by atoms with Crippen LogP contribution in [-0.2, 0) is 4.79 Å². The predicted octanol–water partition coefficient (Wildman–Crippen LogP) is 1.55. The Kier molecular flexibility index (Phi) is 7.40. The molecule has 0 bridgehead atoms. The molecule has 0 heterocycles. The van der Waals surface area contributed by atoms with Gasteiger partial charge in [-0.05, 0) is 25.5 Å². The molecule has 0 aromatic heterocycles. The van der Waals surface area contributed by atoms with Crippen molar-refractivity contribution in [1.82, 2.24) is 5.32 Å². The lowest BCUT2D eigenvalue weighted by atomic mass is 10.2. The molecular formula is C10H21ClN2OS. The minimum Gasteiger partial charge on any atom is -0.351 e. The fourth-order valence-corrected chi connectivity index (χ4v) is 3.02. The summed E-state index contributed by atoms with van der Waals surface area (Å²) in [5, 5.41) is 3.63. The molecule has 0 aromatic rings. The Morgan fingerprint density at radius 2 is 2.27 bits per heavy atom. The van der Waals surface area contributed by atoms with Crippen LogP contribution in [0.3, 0.4) is 0 Å². The zero-order chi connectivity index (χ0) is 10.6. The molecule has 3 N–H and O–H groups in total. The highest BCUT2D eigenvalue weighted by Gasteiger charge is 2.28. The molecule has 1 aliphatic rings. The first-order valence-electron chi connectivity index (χ1n) is 5.32. The maximum absolute atomic E-state index is 11.4. The van der Waals surface area contributed by atoms with E-state index in [9.17, 15) is 4.79 Å². The van der Waals surface area contributed by atoms with Crippen LogP contribution in [0.2, 0.25) is 0 Å². The van der Waals surface area contributed by atoms with Crippen molar-refractivity contribution in [2.75, 3.05) is 5.75 Å². The van der Waals surface area contributed by atoms with Gasteiger partial charge in [0.2, 0.25) is 5.91 Å². The van der Waals surface area contributed by atoms with Gasteiger partial charge in [-0.15, -0.1) is 12.4 Å². The quantitative estimate of drug-likeness (QED) is 0.798. The van der Waals surface area contributed by atoms with Crippen molar-refractivity contribution in [1.29, 1.82) is 0 Å². The molecule has 1 aliphatic carbocycles. The van der Waals surface area contributed by atoms with Gasteiger partial charge in [-0.2, -0.15) is 11.8 Å². The van der Waals surface area contributed by atoms with E-state index in [-0.39, 0.29) is 24.4 Å². The van der Waals surface area contributed by atoms with Gasteiger partial charge in [0.25, 0.3) is 0 Å². The number of carbonyl (C=O) groups is 1. The Morgan fingerprint density at radius 3 is 2.80 bits per heavy atom. The largest absolute Gasteiger partial charge is 0.351 e. The Balaban J connectivity index is 0.00000196. The summed E-state index contributed by atoms with van der Waals surface area (Å²) in [5.41, 5.74) is 5.51. The van der Waals surface area contributed by atoms with Gasteiger partial charge in [0, 0.05) is 11.3 Å². The first-order valence-corrected chi connectivity index (χ1v) is 6.37. The van der Waals surface area contributed by atoms with Crippen molar-refractivity contribution >= 4 is 30.1 Å². The van der Waals surface area contributed by atoms with Crippen LogP contribution in [0.1, 0.15) is 33.1 Å². The third-order valence-corrected chi connectivity index (χ3v) is 3.90. The third-order valence-electron chi connectivity index (χ3n) is 2.57. The molecule has 0 saturated heterocycles. The molecule has 1 rings (SSSR count). The van der Waals surface area contributed by atoms with E-state index < -0.39 is 0 Å². The van der Waals surface area contributed by atoms with E-state index in [2.05, 4.69) is 12.2 Å². The molecule has 90 valence electrons. The Bertz CT molecular complexity index is 202. The number of nitrogens with one attached hydrogen (secondary N) is 1. The lowest BCUT2D eigenvalue weighted by molar-refractivity contribution is -0.122. The summed E-state index contributed by atoms with van der Waals surface area (Å²) >= 11 is 1.95. The number of hydrogen-bond acceptors (Lipinski definition) is 3. The van der Waals surface area contributed by atoms with Crippen molar-refractivity contribution in [3.8, 4) is 0 Å². The summed E-state index contributed by atoms with van der Waals surface area (Å²) in [6.45, 7) is 3.89. The van der Waals surface area contributed by atoms with E-state index in [4.69, 9.17) is 5.73 Å². The number of hydrogen-bond donors (Lipinski definition) is 2. The fourth-order valence-electron chi connectivity index (χ4n) is 1.82. The number of carbonyl (C=O) groups excluding carboxylic acids is 1. The molecule has 1 amide bonds. The van der Waals surface area contributed by atoms with Crippen molar-refractivity contribution in [2.24, 2.45) is 5.73 Å². The van der Waals surface area contributed by atoms with Crippen LogP contribution >= 0.6 is 24.2 Å². The second-order valence-electron chi connectivity index (χ2n) is 3.83. The number of halogens is 1. The lowest BCUT2D eigenvalue weighted by Gasteiger charge is -2.21. The molecule has 2 unspecified atom stereocenters. The highest BCUT2D eigenvalue weighted by molar-refractivity contribution is 7.99. The van der Waals surface area contributed by atoms with Crippen molar-refractivity contribution in [3.05, 3.63) is 0 Å². The van der Waals surface area contributed by atoms with Crippen LogP contribution in [0.15, 0.2) is 0 Å². The van der Waals surface area contributed by atoms with Crippen molar-refractivity contribution < 1.29 is 4.79 Å². The van der Waals surface area contributed by atoms with Crippen LogP contribution in [-0.4, -0.2) is 29.0 Å². The smallest absolute Gasteiger partial charge is 0.236 e. The molecule has 0 aliphatic heterocycles. The summed E-state index contributed by atoms with van der Waals surface area (Å²) in [6, 6.07) is -0.0404. The molecule has 5 heteroatoms.